The van der Waals surface area contributed by atoms with Crippen LogP contribution in [0.2, 0.25) is 0 Å². The molecule has 1 saturated carbocycles. The van der Waals surface area contributed by atoms with Crippen LogP contribution in [0.4, 0.5) is 49.1 Å². The zero-order valence-corrected chi connectivity index (χ0v) is 22.2. The van der Waals surface area contributed by atoms with Crippen LogP contribution in [0.1, 0.15) is 36.8 Å². The van der Waals surface area contributed by atoms with E-state index in [4.69, 9.17) is 11.3 Å². The van der Waals surface area contributed by atoms with E-state index in [1.807, 2.05) is 0 Å². The molecule has 1 amide bonds. The van der Waals surface area contributed by atoms with Crippen LogP contribution in [0.25, 0.3) is 4.85 Å². The Bertz CT molecular complexity index is 1340. The van der Waals surface area contributed by atoms with E-state index in [0.717, 1.165) is 24.3 Å². The minimum Gasteiger partial charge on any atom is -0.382 e. The predicted octanol–water partition coefficient (Wildman–Crippen LogP) is 6.27. The molecule has 1 aliphatic carbocycles. The number of nitrogens with one attached hydrogen (secondary N) is 1. The standard InChI is InChI=1S/C27H27F6N5O4/c1-34-23-8-5-19(15-21(23)26(28,29)30)36-10-12-37(13-11-36)25(39)16-42-20-6-2-17(3-7-20)35-18-4-9-24(38(40)41)22(14-18)27(31,32)33/h4-5,8-9,14-15,17,20,35H,2-3,6-7,10-13,16H2. The highest BCUT2D eigenvalue weighted by molar-refractivity contribution is 5.78. The van der Waals surface area contributed by atoms with Crippen molar-refractivity contribution in [2.45, 2.75) is 50.2 Å². The van der Waals surface area contributed by atoms with Gasteiger partial charge in [-0.15, -0.1) is 0 Å². The van der Waals surface area contributed by atoms with Gasteiger partial charge < -0.3 is 19.9 Å². The first-order chi connectivity index (χ1) is 19.8. The second-order valence-electron chi connectivity index (χ2n) is 10.1. The summed E-state index contributed by atoms with van der Waals surface area (Å²) >= 11 is 0. The first-order valence-corrected chi connectivity index (χ1v) is 13.1. The second kappa shape index (κ2) is 12.4. The van der Waals surface area contributed by atoms with Crippen molar-refractivity contribution in [3.63, 3.8) is 0 Å². The molecule has 2 aromatic rings. The number of ether oxygens (including phenoxy) is 1. The van der Waals surface area contributed by atoms with Gasteiger partial charge in [0.2, 0.25) is 5.91 Å². The van der Waals surface area contributed by atoms with Crippen molar-refractivity contribution in [2.75, 3.05) is 43.0 Å². The number of alkyl halides is 6. The molecule has 9 nitrogen and oxygen atoms in total. The molecule has 2 aliphatic rings. The Morgan fingerprint density at radius 1 is 0.976 bits per heavy atom. The summed E-state index contributed by atoms with van der Waals surface area (Å²) in [6, 6.07) is 6.20. The molecule has 1 N–H and O–H groups in total. The third-order valence-corrected chi connectivity index (χ3v) is 7.39. The van der Waals surface area contributed by atoms with Crippen LogP contribution in [0.5, 0.6) is 0 Å². The lowest BCUT2D eigenvalue weighted by Gasteiger charge is -2.37. The van der Waals surface area contributed by atoms with Gasteiger partial charge in [0.05, 0.1) is 23.2 Å². The molecule has 226 valence electrons. The summed E-state index contributed by atoms with van der Waals surface area (Å²) in [5.74, 6) is -0.250. The zero-order valence-electron chi connectivity index (χ0n) is 22.2. The smallest absolute Gasteiger partial charge is 0.382 e. The fraction of sp³-hybridized carbons (Fsp3) is 0.481. The van der Waals surface area contributed by atoms with E-state index in [1.165, 1.54) is 12.1 Å². The van der Waals surface area contributed by atoms with Gasteiger partial charge in [-0.2, -0.15) is 26.3 Å². The van der Waals surface area contributed by atoms with Gasteiger partial charge in [0.1, 0.15) is 12.2 Å². The number of carbonyl (C=O) groups excluding carboxylic acids is 1. The van der Waals surface area contributed by atoms with Crippen LogP contribution in [0.3, 0.4) is 0 Å². The molecule has 4 rings (SSSR count). The van der Waals surface area contributed by atoms with E-state index in [-0.39, 0.29) is 30.3 Å². The van der Waals surface area contributed by atoms with Crippen LogP contribution in [-0.4, -0.2) is 60.7 Å². The number of rotatable bonds is 7. The molecule has 2 aromatic carbocycles. The van der Waals surface area contributed by atoms with Crippen molar-refractivity contribution in [3.05, 3.63) is 69.1 Å². The van der Waals surface area contributed by atoms with Gasteiger partial charge in [-0.25, -0.2) is 4.85 Å². The van der Waals surface area contributed by atoms with Crippen LogP contribution in [0, 0.1) is 16.7 Å². The van der Waals surface area contributed by atoms with E-state index < -0.39 is 39.8 Å². The predicted molar refractivity (Wildman–Crippen MR) is 140 cm³/mol. The molecule has 1 saturated heterocycles. The number of nitro benzene ring substituents is 1. The molecule has 0 spiro atoms. The summed E-state index contributed by atoms with van der Waals surface area (Å²) in [7, 11) is 0. The topological polar surface area (TPSA) is 92.3 Å². The Labute approximate surface area is 237 Å². The average molecular weight is 600 g/mol. The second-order valence-corrected chi connectivity index (χ2v) is 10.1. The molecule has 0 atom stereocenters. The van der Waals surface area contributed by atoms with Crippen LogP contribution in [0.15, 0.2) is 36.4 Å². The number of hydrogen-bond acceptors (Lipinski definition) is 6. The highest BCUT2D eigenvalue weighted by Gasteiger charge is 2.39. The molecule has 0 bridgehead atoms. The van der Waals surface area contributed by atoms with E-state index in [1.54, 1.807) is 9.80 Å². The number of nitrogens with zero attached hydrogens (tertiary/aromatic N) is 4. The minimum atomic E-state index is -4.87. The summed E-state index contributed by atoms with van der Waals surface area (Å²) in [5.41, 5.74) is -3.34. The maximum atomic E-state index is 13.3. The van der Waals surface area contributed by atoms with E-state index in [0.29, 0.717) is 57.5 Å². The molecule has 2 fully saturated rings. The Kier molecular flexibility index (Phi) is 9.15. The molecular formula is C27H27F6N5O4. The number of carbonyl (C=O) groups is 1. The van der Waals surface area contributed by atoms with Crippen molar-refractivity contribution < 1.29 is 40.8 Å². The maximum Gasteiger partial charge on any atom is 0.423 e. The van der Waals surface area contributed by atoms with Crippen LogP contribution < -0.4 is 10.2 Å². The molecule has 1 aliphatic heterocycles. The first kappa shape index (κ1) is 30.9. The summed E-state index contributed by atoms with van der Waals surface area (Å²) < 4.78 is 85.5. The average Bonchev–Trinajstić information content (AvgIpc) is 2.95. The fourth-order valence-corrected chi connectivity index (χ4v) is 5.16. The lowest BCUT2D eigenvalue weighted by Crippen LogP contribution is -2.50. The number of benzene rings is 2. The highest BCUT2D eigenvalue weighted by atomic mass is 19.4. The first-order valence-electron chi connectivity index (χ1n) is 13.1. The number of piperazine rings is 1. The quantitative estimate of drug-likeness (QED) is 0.175. The maximum absolute atomic E-state index is 13.3. The Morgan fingerprint density at radius 3 is 2.19 bits per heavy atom. The lowest BCUT2D eigenvalue weighted by atomic mass is 9.92. The summed E-state index contributed by atoms with van der Waals surface area (Å²) in [5, 5.41) is 13.9. The van der Waals surface area contributed by atoms with Gasteiger partial charge >= 0.3 is 12.4 Å². The lowest BCUT2D eigenvalue weighted by molar-refractivity contribution is -0.388. The van der Waals surface area contributed by atoms with Crippen molar-refractivity contribution in [1.29, 1.82) is 0 Å². The monoisotopic (exact) mass is 599 g/mol. The van der Waals surface area contributed by atoms with Gasteiger partial charge in [-0.05, 0) is 49.9 Å². The SMILES string of the molecule is [C-]#[N+]c1ccc(N2CCN(C(=O)COC3CCC(Nc4ccc([N+](=O)[O-])c(C(F)(F)F)c4)CC3)CC2)cc1C(F)(F)F. The third kappa shape index (κ3) is 7.41. The fourth-order valence-electron chi connectivity index (χ4n) is 5.16. The number of hydrogen-bond donors (Lipinski definition) is 1. The Balaban J connectivity index is 1.22. The van der Waals surface area contributed by atoms with Gasteiger partial charge in [0, 0.05) is 49.7 Å². The van der Waals surface area contributed by atoms with E-state index in [9.17, 15) is 41.3 Å². The summed E-state index contributed by atoms with van der Waals surface area (Å²) in [6.07, 6.45) is -7.52. The van der Waals surface area contributed by atoms with Gasteiger partial charge in [-0.3, -0.25) is 14.9 Å². The van der Waals surface area contributed by atoms with Gasteiger partial charge in [-0.1, -0.05) is 6.07 Å². The number of amides is 1. The van der Waals surface area contributed by atoms with Crippen LogP contribution in [-0.2, 0) is 21.9 Å². The molecule has 42 heavy (non-hydrogen) atoms. The van der Waals surface area contributed by atoms with Crippen molar-refractivity contribution in [1.82, 2.24) is 4.90 Å². The number of nitro groups is 1. The summed E-state index contributed by atoms with van der Waals surface area (Å²) in [6.45, 7) is 8.01. The van der Waals surface area contributed by atoms with E-state index >= 15 is 0 Å². The molecule has 0 aromatic heterocycles. The number of anilines is 2. The van der Waals surface area contributed by atoms with Gasteiger partial charge in [0.15, 0.2) is 5.69 Å². The van der Waals surface area contributed by atoms with Crippen molar-refractivity contribution in [2.24, 2.45) is 0 Å². The third-order valence-electron chi connectivity index (χ3n) is 7.39. The minimum absolute atomic E-state index is 0.128. The van der Waals surface area contributed by atoms with Crippen molar-refractivity contribution >= 4 is 28.7 Å². The Hall–Kier alpha value is -4.06. The van der Waals surface area contributed by atoms with Gasteiger partial charge in [0.25, 0.3) is 5.69 Å². The molecule has 0 unspecified atom stereocenters. The van der Waals surface area contributed by atoms with E-state index in [2.05, 4.69) is 10.2 Å². The largest absolute Gasteiger partial charge is 0.423 e. The van der Waals surface area contributed by atoms with Crippen LogP contribution >= 0.6 is 0 Å². The summed E-state index contributed by atoms with van der Waals surface area (Å²) in [4.78, 5) is 28.8. The molecule has 0 radical (unpaired) electrons. The molecule has 15 heteroatoms. The van der Waals surface area contributed by atoms with Crippen molar-refractivity contribution in [3.8, 4) is 0 Å². The normalized spacial score (nSPS) is 19.7. The Morgan fingerprint density at radius 2 is 1.62 bits per heavy atom. The highest BCUT2D eigenvalue weighted by Crippen LogP contribution is 2.40. The molecule has 1 heterocycles. The molecular weight excluding hydrogens is 572 g/mol. The number of halogens is 6. The zero-order chi connectivity index (χ0) is 30.7.